The summed E-state index contributed by atoms with van der Waals surface area (Å²) in [6.07, 6.45) is 6.31. The van der Waals surface area contributed by atoms with E-state index >= 15 is 0 Å². The minimum absolute atomic E-state index is 0.0845. The fourth-order valence-corrected chi connectivity index (χ4v) is 6.79. The summed E-state index contributed by atoms with van der Waals surface area (Å²) >= 11 is 0. The highest BCUT2D eigenvalue weighted by Crippen LogP contribution is 2.33. The Morgan fingerprint density at radius 3 is 2.61 bits per heavy atom. The van der Waals surface area contributed by atoms with Gasteiger partial charge >= 0.3 is 0 Å². The van der Waals surface area contributed by atoms with Crippen molar-refractivity contribution in [1.29, 1.82) is 0 Å². The van der Waals surface area contributed by atoms with E-state index in [4.69, 9.17) is 9.47 Å². The Morgan fingerprint density at radius 1 is 1.11 bits per heavy atom. The van der Waals surface area contributed by atoms with Crippen molar-refractivity contribution in [2.75, 3.05) is 37.0 Å². The Bertz CT molecular complexity index is 1760. The molecule has 0 aliphatic carbocycles. The van der Waals surface area contributed by atoms with Gasteiger partial charge in [0.2, 0.25) is 0 Å². The summed E-state index contributed by atoms with van der Waals surface area (Å²) in [4.78, 5) is 34.1. The molecule has 5 rings (SSSR count). The number of rotatable bonds is 13. The summed E-state index contributed by atoms with van der Waals surface area (Å²) in [6, 6.07) is 12.6. The van der Waals surface area contributed by atoms with Crippen molar-refractivity contribution in [3.05, 3.63) is 82.2 Å². The molecule has 1 fully saturated rings. The molecule has 1 aliphatic rings. The van der Waals surface area contributed by atoms with Crippen molar-refractivity contribution in [3.63, 3.8) is 0 Å². The summed E-state index contributed by atoms with van der Waals surface area (Å²) in [5.74, 6) is -0.567. The van der Waals surface area contributed by atoms with Crippen LogP contribution in [0.4, 0.5) is 11.4 Å². The number of ketones is 1. The number of hydrogen-bond donors (Lipinski definition) is 1. The van der Waals surface area contributed by atoms with Crippen LogP contribution in [-0.4, -0.2) is 61.1 Å². The molecule has 1 aliphatic heterocycles. The molecule has 1 saturated heterocycles. The molecular weight excluding hydrogens is 584 g/mol. The lowest BCUT2D eigenvalue weighted by atomic mass is 9.92. The maximum absolute atomic E-state index is 13.6. The average Bonchev–Trinajstić information content (AvgIpc) is 3.49. The Balaban J connectivity index is 1.40. The number of anilines is 1. The van der Waals surface area contributed by atoms with Crippen LogP contribution < -0.4 is 9.64 Å². The number of pyridine rings is 1. The lowest BCUT2D eigenvalue weighted by molar-refractivity contribution is -0.385. The molecule has 232 valence electrons. The minimum Gasteiger partial charge on any atom is -0.455 e. The highest BCUT2D eigenvalue weighted by molar-refractivity contribution is 7.92. The number of aromatic amines is 1. The summed E-state index contributed by atoms with van der Waals surface area (Å²) < 4.78 is 38.4. The monoisotopic (exact) mass is 620 g/mol. The van der Waals surface area contributed by atoms with Crippen molar-refractivity contribution < 1.29 is 27.6 Å². The second-order valence-corrected chi connectivity index (χ2v) is 12.9. The fraction of sp³-hybridized carbons (Fsp3) is 0.375. The Morgan fingerprint density at radius 2 is 1.89 bits per heavy atom. The van der Waals surface area contributed by atoms with Crippen LogP contribution in [0.3, 0.4) is 0 Å². The number of ether oxygens (including phenoxy) is 2. The first-order chi connectivity index (χ1) is 21.2. The van der Waals surface area contributed by atoms with E-state index in [1.807, 2.05) is 19.9 Å². The largest absolute Gasteiger partial charge is 0.455 e. The van der Waals surface area contributed by atoms with Gasteiger partial charge < -0.3 is 19.4 Å². The molecule has 44 heavy (non-hydrogen) atoms. The van der Waals surface area contributed by atoms with Gasteiger partial charge in [0.1, 0.15) is 22.9 Å². The number of hydrogen-bond acceptors (Lipinski definition) is 9. The summed E-state index contributed by atoms with van der Waals surface area (Å²) in [6.45, 7) is 6.82. The molecule has 0 saturated carbocycles. The van der Waals surface area contributed by atoms with Gasteiger partial charge in [0.15, 0.2) is 15.6 Å². The molecule has 1 N–H and O–H groups in total. The number of nitro groups is 1. The molecule has 0 radical (unpaired) electrons. The zero-order valence-corrected chi connectivity index (χ0v) is 25.6. The number of nitro benzene ring substituents is 1. The third-order valence-corrected chi connectivity index (χ3v) is 9.71. The zero-order chi connectivity index (χ0) is 31.3. The molecule has 11 nitrogen and oxygen atoms in total. The van der Waals surface area contributed by atoms with E-state index in [-0.39, 0.29) is 21.9 Å². The quantitative estimate of drug-likeness (QED) is 0.106. The number of aryl methyl sites for hydroxylation is 1. The van der Waals surface area contributed by atoms with Crippen molar-refractivity contribution in [3.8, 4) is 11.5 Å². The standard InChI is InChI=1S/C32H36N4O7S/c1-3-35(4-2)25-8-10-28(31(18-25)43-26-17-24-11-14-33-32(24)34-20-26)30(37)21-44(40,41)27-9-7-23(29(19-27)36(38)39)6-5-22-12-15-42-16-13-22/h7-11,14,17-20,22H,3-6,12-13,15-16,21H2,1-2H3,(H,33,34). The average molecular weight is 621 g/mol. The van der Waals surface area contributed by atoms with E-state index in [9.17, 15) is 23.3 Å². The van der Waals surface area contributed by atoms with Crippen LogP contribution in [0, 0.1) is 16.0 Å². The molecule has 0 atom stereocenters. The van der Waals surface area contributed by atoms with Crippen molar-refractivity contribution in [2.24, 2.45) is 5.92 Å². The van der Waals surface area contributed by atoms with Gasteiger partial charge in [0.05, 0.1) is 21.6 Å². The van der Waals surface area contributed by atoms with E-state index < -0.39 is 26.3 Å². The number of Topliss-reactive ketones (excluding diaryl/α,β-unsaturated/α-hetero) is 1. The molecule has 0 unspecified atom stereocenters. The second-order valence-electron chi connectivity index (χ2n) is 10.9. The number of benzene rings is 2. The molecule has 4 aromatic rings. The van der Waals surface area contributed by atoms with Gasteiger partial charge in [-0.2, -0.15) is 0 Å². The van der Waals surface area contributed by atoms with Gasteiger partial charge in [0, 0.05) is 61.3 Å². The minimum atomic E-state index is -4.22. The topological polar surface area (TPSA) is 145 Å². The molecule has 2 aromatic heterocycles. The SMILES string of the molecule is CCN(CC)c1ccc(C(=O)CS(=O)(=O)c2ccc(CCC3CCOCC3)c([N+](=O)[O-])c2)c(Oc2cnc3[nH]ccc3c2)c1. The van der Waals surface area contributed by atoms with Crippen LogP contribution in [0.15, 0.2) is 65.8 Å². The Labute approximate surface area is 256 Å². The molecule has 0 bridgehead atoms. The van der Waals surface area contributed by atoms with Crippen LogP contribution in [0.5, 0.6) is 11.5 Å². The number of nitrogens with zero attached hydrogens (tertiary/aromatic N) is 3. The van der Waals surface area contributed by atoms with Gasteiger partial charge in [0.25, 0.3) is 5.69 Å². The normalized spacial score (nSPS) is 14.0. The number of aromatic nitrogens is 2. The van der Waals surface area contributed by atoms with E-state index in [2.05, 4.69) is 14.9 Å². The first-order valence-electron chi connectivity index (χ1n) is 14.8. The molecule has 0 amide bonds. The Kier molecular flexibility index (Phi) is 9.60. The predicted molar refractivity (Wildman–Crippen MR) is 168 cm³/mol. The third-order valence-electron chi connectivity index (χ3n) is 8.09. The first-order valence-corrected chi connectivity index (χ1v) is 16.4. The van der Waals surface area contributed by atoms with Crippen LogP contribution in [0.1, 0.15) is 49.0 Å². The summed E-state index contributed by atoms with van der Waals surface area (Å²) in [5, 5.41) is 12.7. The number of carbonyl (C=O) groups is 1. The molecule has 0 spiro atoms. The maximum Gasteiger partial charge on any atom is 0.273 e. The lowest BCUT2D eigenvalue weighted by Gasteiger charge is -2.22. The van der Waals surface area contributed by atoms with Crippen LogP contribution in [0.25, 0.3) is 11.0 Å². The fourth-order valence-electron chi connectivity index (χ4n) is 5.56. The Hall–Kier alpha value is -4.29. The van der Waals surface area contributed by atoms with Crippen LogP contribution in [-0.2, 0) is 21.0 Å². The smallest absolute Gasteiger partial charge is 0.273 e. The summed E-state index contributed by atoms with van der Waals surface area (Å²) in [7, 11) is -4.22. The van der Waals surface area contributed by atoms with E-state index in [1.165, 1.54) is 18.3 Å². The maximum atomic E-state index is 13.6. The lowest BCUT2D eigenvalue weighted by Crippen LogP contribution is -2.22. The number of carbonyl (C=O) groups excluding carboxylic acids is 1. The first kappa shape index (κ1) is 31.1. The van der Waals surface area contributed by atoms with Gasteiger partial charge in [-0.05, 0) is 75.8 Å². The molecule has 3 heterocycles. The number of H-pyrrole nitrogens is 1. The van der Waals surface area contributed by atoms with E-state index in [0.29, 0.717) is 42.5 Å². The predicted octanol–water partition coefficient (Wildman–Crippen LogP) is 6.13. The van der Waals surface area contributed by atoms with Crippen LogP contribution >= 0.6 is 0 Å². The highest BCUT2D eigenvalue weighted by atomic mass is 32.2. The van der Waals surface area contributed by atoms with E-state index in [1.54, 1.807) is 30.5 Å². The van der Waals surface area contributed by atoms with Crippen molar-refractivity contribution in [1.82, 2.24) is 9.97 Å². The third kappa shape index (κ3) is 7.08. The molecule has 12 heteroatoms. The van der Waals surface area contributed by atoms with Gasteiger partial charge in [-0.15, -0.1) is 0 Å². The highest BCUT2D eigenvalue weighted by Gasteiger charge is 2.27. The summed E-state index contributed by atoms with van der Waals surface area (Å²) in [5.41, 5.74) is 1.79. The number of fused-ring (bicyclic) bond motifs is 1. The van der Waals surface area contributed by atoms with Crippen molar-refractivity contribution >= 4 is 38.0 Å². The molecular formula is C32H36N4O7S. The second kappa shape index (κ2) is 13.6. The van der Waals surface area contributed by atoms with Gasteiger partial charge in [-0.3, -0.25) is 14.9 Å². The molecule has 2 aromatic carbocycles. The van der Waals surface area contributed by atoms with Crippen molar-refractivity contribution in [2.45, 2.75) is 44.4 Å². The number of sulfone groups is 1. The van der Waals surface area contributed by atoms with Gasteiger partial charge in [-0.1, -0.05) is 6.07 Å². The van der Waals surface area contributed by atoms with E-state index in [0.717, 1.165) is 49.5 Å². The van der Waals surface area contributed by atoms with Crippen LogP contribution in [0.2, 0.25) is 0 Å². The zero-order valence-electron chi connectivity index (χ0n) is 24.8. The van der Waals surface area contributed by atoms with Gasteiger partial charge in [-0.25, -0.2) is 13.4 Å². The number of nitrogens with one attached hydrogen (secondary N) is 1.